The summed E-state index contributed by atoms with van der Waals surface area (Å²) in [6.07, 6.45) is 0.676. The summed E-state index contributed by atoms with van der Waals surface area (Å²) in [5, 5.41) is 7.32. The molecule has 22 heavy (non-hydrogen) atoms. The lowest BCUT2D eigenvalue weighted by atomic mass is 10.2. The zero-order chi connectivity index (χ0) is 15.9. The fraction of sp³-hybridized carbons (Fsp3) is 0.125. The van der Waals surface area contributed by atoms with Gasteiger partial charge in [-0.05, 0) is 25.1 Å². The molecule has 0 saturated heterocycles. The monoisotopic (exact) mass is 336 g/mol. The number of halogens is 2. The van der Waals surface area contributed by atoms with Crippen LogP contribution in [0.2, 0.25) is 10.0 Å². The van der Waals surface area contributed by atoms with Crippen molar-refractivity contribution in [1.29, 1.82) is 0 Å². The van der Waals surface area contributed by atoms with Gasteiger partial charge in [-0.25, -0.2) is 0 Å². The fourth-order valence-corrected chi connectivity index (χ4v) is 1.97. The van der Waals surface area contributed by atoms with Crippen LogP contribution in [-0.4, -0.2) is 18.2 Å². The molecule has 2 aromatic carbocycles. The van der Waals surface area contributed by atoms with Gasteiger partial charge in [0.2, 0.25) is 6.10 Å². The lowest BCUT2D eigenvalue weighted by Crippen LogP contribution is -2.26. The molecule has 0 saturated carbocycles. The number of carbonyl (C=O) groups is 1. The number of hydrogen-bond donors (Lipinski definition) is 1. The van der Waals surface area contributed by atoms with Crippen LogP contribution in [0.25, 0.3) is 0 Å². The summed E-state index contributed by atoms with van der Waals surface area (Å²) in [6, 6.07) is 14.3. The van der Waals surface area contributed by atoms with Crippen molar-refractivity contribution >= 4 is 41.0 Å². The average molecular weight is 337 g/mol. The zero-order valence-corrected chi connectivity index (χ0v) is 13.3. The van der Waals surface area contributed by atoms with E-state index in [1.807, 2.05) is 18.2 Å². The molecule has 4 nitrogen and oxygen atoms in total. The van der Waals surface area contributed by atoms with Crippen LogP contribution in [0.15, 0.2) is 53.7 Å². The van der Waals surface area contributed by atoms with E-state index >= 15 is 0 Å². The van der Waals surface area contributed by atoms with Gasteiger partial charge in [0.15, 0.2) is 0 Å². The molecule has 0 fully saturated rings. The van der Waals surface area contributed by atoms with Crippen molar-refractivity contribution in [3.05, 3.63) is 64.1 Å². The summed E-state index contributed by atoms with van der Waals surface area (Å²) in [4.78, 5) is 17.0. The molecule has 0 heterocycles. The van der Waals surface area contributed by atoms with Crippen molar-refractivity contribution < 1.29 is 9.63 Å². The maximum absolute atomic E-state index is 11.9. The van der Waals surface area contributed by atoms with E-state index in [1.165, 1.54) is 6.21 Å². The van der Waals surface area contributed by atoms with Gasteiger partial charge in [0.05, 0.1) is 16.3 Å². The molecule has 0 bridgehead atoms. The Bertz CT molecular complexity index is 675. The normalized spacial score (nSPS) is 12.1. The summed E-state index contributed by atoms with van der Waals surface area (Å²) in [6.45, 7) is 1.61. The Morgan fingerprint density at radius 1 is 1.18 bits per heavy atom. The molecular weight excluding hydrogens is 323 g/mol. The van der Waals surface area contributed by atoms with Gasteiger partial charge >= 0.3 is 0 Å². The molecule has 0 radical (unpaired) electrons. The van der Waals surface area contributed by atoms with E-state index in [1.54, 1.807) is 37.3 Å². The largest absolute Gasteiger partial charge is 0.383 e. The Morgan fingerprint density at radius 2 is 1.91 bits per heavy atom. The highest BCUT2D eigenvalue weighted by Gasteiger charge is 2.14. The van der Waals surface area contributed by atoms with Gasteiger partial charge in [-0.3, -0.25) is 4.79 Å². The molecule has 6 heteroatoms. The van der Waals surface area contributed by atoms with Crippen molar-refractivity contribution in [1.82, 2.24) is 0 Å². The van der Waals surface area contributed by atoms with E-state index in [9.17, 15) is 4.79 Å². The highest BCUT2D eigenvalue weighted by molar-refractivity contribution is 6.43. The molecule has 1 atom stereocenters. The quantitative estimate of drug-likeness (QED) is 0.651. The van der Waals surface area contributed by atoms with E-state index in [2.05, 4.69) is 10.5 Å². The number of anilines is 1. The molecule has 0 spiro atoms. The van der Waals surface area contributed by atoms with Gasteiger partial charge in [-0.2, -0.15) is 0 Å². The number of benzene rings is 2. The van der Waals surface area contributed by atoms with Gasteiger partial charge in [0.1, 0.15) is 0 Å². The van der Waals surface area contributed by atoms with Crippen molar-refractivity contribution in [2.24, 2.45) is 5.16 Å². The van der Waals surface area contributed by atoms with E-state index in [0.29, 0.717) is 21.3 Å². The van der Waals surface area contributed by atoms with Gasteiger partial charge in [0.25, 0.3) is 5.91 Å². The van der Waals surface area contributed by atoms with Crippen LogP contribution in [0.4, 0.5) is 5.69 Å². The molecule has 0 aromatic heterocycles. The first-order valence-corrected chi connectivity index (χ1v) is 7.32. The number of carbonyl (C=O) groups excluding carboxylic acids is 1. The van der Waals surface area contributed by atoms with Gasteiger partial charge in [0, 0.05) is 11.3 Å². The van der Waals surface area contributed by atoms with Gasteiger partial charge in [-0.15, -0.1) is 0 Å². The van der Waals surface area contributed by atoms with Gasteiger partial charge in [-0.1, -0.05) is 58.7 Å². The molecule has 1 amide bonds. The van der Waals surface area contributed by atoms with Crippen LogP contribution in [0.3, 0.4) is 0 Å². The minimum Gasteiger partial charge on any atom is -0.383 e. The summed E-state index contributed by atoms with van der Waals surface area (Å²) >= 11 is 11.9. The Morgan fingerprint density at radius 3 is 2.64 bits per heavy atom. The molecular formula is C16H14Cl2N2O2. The molecule has 0 unspecified atom stereocenters. The minimum atomic E-state index is -0.741. The second-order valence-corrected chi connectivity index (χ2v) is 5.27. The first-order chi connectivity index (χ1) is 10.6. The number of rotatable bonds is 5. The second-order valence-electron chi connectivity index (χ2n) is 4.48. The Kier molecular flexibility index (Phi) is 5.81. The topological polar surface area (TPSA) is 50.7 Å². The summed E-state index contributed by atoms with van der Waals surface area (Å²) in [7, 11) is 0. The number of hydrogen-bond acceptors (Lipinski definition) is 3. The third-order valence-corrected chi connectivity index (χ3v) is 3.64. The second kappa shape index (κ2) is 7.82. The SMILES string of the molecule is C[C@@H](O/N=C\c1cccc(Cl)c1Cl)C(=O)Nc1ccccc1. The molecule has 2 rings (SSSR count). The summed E-state index contributed by atoms with van der Waals surface area (Å²) < 4.78 is 0. The number of nitrogens with zero attached hydrogens (tertiary/aromatic N) is 1. The fourth-order valence-electron chi connectivity index (χ4n) is 1.61. The maximum Gasteiger partial charge on any atom is 0.267 e. The smallest absolute Gasteiger partial charge is 0.267 e. The Balaban J connectivity index is 1.92. The predicted octanol–water partition coefficient (Wildman–Crippen LogP) is 4.37. The zero-order valence-electron chi connectivity index (χ0n) is 11.8. The predicted molar refractivity (Wildman–Crippen MR) is 89.7 cm³/mol. The highest BCUT2D eigenvalue weighted by atomic mass is 35.5. The van der Waals surface area contributed by atoms with Crippen LogP contribution < -0.4 is 5.32 Å². The van der Waals surface area contributed by atoms with Crippen LogP contribution in [-0.2, 0) is 9.63 Å². The van der Waals surface area contributed by atoms with Crippen molar-refractivity contribution in [2.75, 3.05) is 5.32 Å². The van der Waals surface area contributed by atoms with Crippen molar-refractivity contribution in [2.45, 2.75) is 13.0 Å². The molecule has 1 N–H and O–H groups in total. The van der Waals surface area contributed by atoms with E-state index in [-0.39, 0.29) is 5.91 Å². The van der Waals surface area contributed by atoms with Crippen LogP contribution in [0.5, 0.6) is 0 Å². The van der Waals surface area contributed by atoms with E-state index in [4.69, 9.17) is 28.0 Å². The Labute approximate surface area is 138 Å². The molecule has 0 aliphatic heterocycles. The standard InChI is InChI=1S/C16H14Cl2N2O2/c1-11(16(21)20-13-7-3-2-4-8-13)22-19-10-12-6-5-9-14(17)15(12)18/h2-11H,1H3,(H,20,21)/b19-10-/t11-/m1/s1. The third-order valence-electron chi connectivity index (χ3n) is 2.80. The Hall–Kier alpha value is -2.04. The van der Waals surface area contributed by atoms with Crippen LogP contribution in [0, 0.1) is 0 Å². The molecule has 0 aliphatic carbocycles. The third kappa shape index (κ3) is 4.48. The lowest BCUT2D eigenvalue weighted by Gasteiger charge is -2.10. The average Bonchev–Trinajstić information content (AvgIpc) is 2.52. The first-order valence-electron chi connectivity index (χ1n) is 6.57. The molecule has 2 aromatic rings. The van der Waals surface area contributed by atoms with Crippen molar-refractivity contribution in [3.63, 3.8) is 0 Å². The number of amides is 1. The number of para-hydroxylation sites is 1. The van der Waals surface area contributed by atoms with Crippen molar-refractivity contribution in [3.8, 4) is 0 Å². The van der Waals surface area contributed by atoms with Crippen LogP contribution >= 0.6 is 23.2 Å². The lowest BCUT2D eigenvalue weighted by molar-refractivity contribution is -0.126. The number of nitrogens with one attached hydrogen (secondary N) is 1. The molecule has 114 valence electrons. The van der Waals surface area contributed by atoms with Gasteiger partial charge < -0.3 is 10.2 Å². The number of oxime groups is 1. The summed E-state index contributed by atoms with van der Waals surface area (Å²) in [5.74, 6) is -0.291. The highest BCUT2D eigenvalue weighted by Crippen LogP contribution is 2.24. The summed E-state index contributed by atoms with van der Waals surface area (Å²) in [5.41, 5.74) is 1.31. The van der Waals surface area contributed by atoms with E-state index in [0.717, 1.165) is 0 Å². The first kappa shape index (κ1) is 16.3. The van der Waals surface area contributed by atoms with E-state index < -0.39 is 6.10 Å². The minimum absolute atomic E-state index is 0.291. The maximum atomic E-state index is 11.9. The van der Waals surface area contributed by atoms with Crippen LogP contribution in [0.1, 0.15) is 12.5 Å². The molecule has 0 aliphatic rings.